The number of hydrogen-bond donors (Lipinski definition) is 0. The van der Waals surface area contributed by atoms with E-state index in [0.717, 1.165) is 25.0 Å². The molecule has 1 aromatic carbocycles. The molecule has 2 aliphatic carbocycles. The minimum atomic E-state index is 0.0950. The Kier molecular flexibility index (Phi) is 2.32. The molecule has 0 aliphatic heterocycles. The van der Waals surface area contributed by atoms with Gasteiger partial charge in [0.1, 0.15) is 5.75 Å². The van der Waals surface area contributed by atoms with Crippen LogP contribution in [0.2, 0.25) is 0 Å². The van der Waals surface area contributed by atoms with Crippen molar-refractivity contribution in [3.8, 4) is 5.75 Å². The SMILES string of the molecule is COc1ccc2c(c1)C1(C=CC(=O)CC1)CC2. The Morgan fingerprint density at radius 1 is 1.24 bits per heavy atom. The number of hydrogen-bond acceptors (Lipinski definition) is 2. The zero-order chi connectivity index (χ0) is 11.9. The summed E-state index contributed by atoms with van der Waals surface area (Å²) in [4.78, 5) is 11.3. The highest BCUT2D eigenvalue weighted by molar-refractivity contribution is 5.91. The van der Waals surface area contributed by atoms with Gasteiger partial charge in [-0.15, -0.1) is 0 Å². The molecule has 0 N–H and O–H groups in total. The zero-order valence-corrected chi connectivity index (χ0v) is 10.0. The number of rotatable bonds is 1. The van der Waals surface area contributed by atoms with Gasteiger partial charge in [0.15, 0.2) is 5.78 Å². The van der Waals surface area contributed by atoms with E-state index in [1.807, 2.05) is 6.07 Å². The fraction of sp³-hybridized carbons (Fsp3) is 0.400. The van der Waals surface area contributed by atoms with Crippen LogP contribution in [0.3, 0.4) is 0 Å². The molecule has 0 amide bonds. The molecule has 2 nitrogen and oxygen atoms in total. The lowest BCUT2D eigenvalue weighted by Gasteiger charge is -2.29. The number of carbonyl (C=O) groups excluding carboxylic acids is 1. The Labute approximate surface area is 101 Å². The topological polar surface area (TPSA) is 26.3 Å². The molecule has 1 atom stereocenters. The Hall–Kier alpha value is -1.57. The highest BCUT2D eigenvalue weighted by atomic mass is 16.5. The van der Waals surface area contributed by atoms with Crippen LogP contribution in [0.4, 0.5) is 0 Å². The Balaban J connectivity index is 2.08. The average Bonchev–Trinajstić information content (AvgIpc) is 2.72. The van der Waals surface area contributed by atoms with Crippen molar-refractivity contribution >= 4 is 5.78 Å². The van der Waals surface area contributed by atoms with E-state index in [-0.39, 0.29) is 11.2 Å². The predicted octanol–water partition coefficient (Wildman–Crippen LogP) is 2.80. The van der Waals surface area contributed by atoms with E-state index >= 15 is 0 Å². The number of methoxy groups -OCH3 is 1. The molecule has 3 rings (SSSR count). The summed E-state index contributed by atoms with van der Waals surface area (Å²) in [5, 5.41) is 0. The minimum absolute atomic E-state index is 0.0950. The lowest BCUT2D eigenvalue weighted by Crippen LogP contribution is -2.24. The Bertz CT molecular complexity index is 502. The Morgan fingerprint density at radius 3 is 2.76 bits per heavy atom. The molecule has 17 heavy (non-hydrogen) atoms. The van der Waals surface area contributed by atoms with E-state index in [2.05, 4.69) is 18.2 Å². The van der Waals surface area contributed by atoms with Crippen molar-refractivity contribution in [2.75, 3.05) is 7.11 Å². The predicted molar refractivity (Wildman–Crippen MR) is 66.4 cm³/mol. The summed E-state index contributed by atoms with van der Waals surface area (Å²) in [7, 11) is 1.70. The molecule has 0 heterocycles. The summed E-state index contributed by atoms with van der Waals surface area (Å²) in [6.07, 6.45) is 7.73. The number of carbonyl (C=O) groups is 1. The van der Waals surface area contributed by atoms with Gasteiger partial charge in [-0.2, -0.15) is 0 Å². The molecule has 88 valence electrons. The second-order valence-corrected chi connectivity index (χ2v) is 4.98. The average molecular weight is 228 g/mol. The van der Waals surface area contributed by atoms with E-state index in [1.165, 1.54) is 11.1 Å². The first-order valence-corrected chi connectivity index (χ1v) is 6.13. The molecule has 0 radical (unpaired) electrons. The highest BCUT2D eigenvalue weighted by Crippen LogP contribution is 2.46. The van der Waals surface area contributed by atoms with Crippen molar-refractivity contribution in [2.45, 2.75) is 31.1 Å². The van der Waals surface area contributed by atoms with Crippen molar-refractivity contribution in [2.24, 2.45) is 0 Å². The number of allylic oxidation sites excluding steroid dienone is 2. The lowest BCUT2D eigenvalue weighted by atomic mass is 9.74. The molecule has 0 saturated carbocycles. The molecule has 0 fully saturated rings. The lowest BCUT2D eigenvalue weighted by molar-refractivity contribution is -0.115. The van der Waals surface area contributed by atoms with Crippen LogP contribution < -0.4 is 4.74 Å². The van der Waals surface area contributed by atoms with E-state index in [9.17, 15) is 4.79 Å². The summed E-state index contributed by atoms with van der Waals surface area (Å²) in [6, 6.07) is 6.32. The van der Waals surface area contributed by atoms with Crippen molar-refractivity contribution in [3.05, 3.63) is 41.5 Å². The standard InChI is InChI=1S/C15H16O2/c1-17-13-3-2-11-4-7-15(14(11)10-13)8-5-12(16)6-9-15/h2-3,5,8,10H,4,6-7,9H2,1H3. The molecule has 0 aromatic heterocycles. The number of fused-ring (bicyclic) bond motifs is 2. The van der Waals surface area contributed by atoms with Gasteiger partial charge in [0.25, 0.3) is 0 Å². The molecular weight excluding hydrogens is 212 g/mol. The molecule has 1 spiro atoms. The van der Waals surface area contributed by atoms with Crippen LogP contribution in [0.15, 0.2) is 30.4 Å². The van der Waals surface area contributed by atoms with Crippen LogP contribution in [0.25, 0.3) is 0 Å². The van der Waals surface area contributed by atoms with Gasteiger partial charge in [-0.25, -0.2) is 0 Å². The zero-order valence-electron chi connectivity index (χ0n) is 10.0. The van der Waals surface area contributed by atoms with Crippen LogP contribution in [-0.2, 0) is 16.6 Å². The second kappa shape index (κ2) is 3.73. The number of aryl methyl sites for hydroxylation is 1. The van der Waals surface area contributed by atoms with Gasteiger partial charge >= 0.3 is 0 Å². The summed E-state index contributed by atoms with van der Waals surface area (Å²) < 4.78 is 5.30. The van der Waals surface area contributed by atoms with Crippen molar-refractivity contribution < 1.29 is 9.53 Å². The molecule has 0 saturated heterocycles. The third-order valence-corrected chi connectivity index (χ3v) is 4.10. The number of ether oxygens (including phenoxy) is 1. The van der Waals surface area contributed by atoms with Crippen LogP contribution >= 0.6 is 0 Å². The van der Waals surface area contributed by atoms with Crippen LogP contribution in [0, 0.1) is 0 Å². The third-order valence-electron chi connectivity index (χ3n) is 4.10. The highest BCUT2D eigenvalue weighted by Gasteiger charge is 2.38. The van der Waals surface area contributed by atoms with Crippen LogP contribution in [-0.4, -0.2) is 12.9 Å². The number of ketones is 1. The van der Waals surface area contributed by atoms with Crippen molar-refractivity contribution in [3.63, 3.8) is 0 Å². The molecule has 1 aromatic rings. The summed E-state index contributed by atoms with van der Waals surface area (Å²) in [5.74, 6) is 1.17. The molecular formula is C15H16O2. The maximum absolute atomic E-state index is 11.3. The van der Waals surface area contributed by atoms with E-state index in [1.54, 1.807) is 13.2 Å². The second-order valence-electron chi connectivity index (χ2n) is 4.98. The molecule has 0 bridgehead atoms. The number of benzene rings is 1. The smallest absolute Gasteiger partial charge is 0.155 e. The monoisotopic (exact) mass is 228 g/mol. The summed E-state index contributed by atoms with van der Waals surface area (Å²) in [6.45, 7) is 0. The van der Waals surface area contributed by atoms with Crippen molar-refractivity contribution in [1.29, 1.82) is 0 Å². The van der Waals surface area contributed by atoms with Gasteiger partial charge in [-0.3, -0.25) is 4.79 Å². The Morgan fingerprint density at radius 2 is 2.06 bits per heavy atom. The normalized spacial score (nSPS) is 26.3. The summed E-state index contributed by atoms with van der Waals surface area (Å²) in [5.41, 5.74) is 2.86. The van der Waals surface area contributed by atoms with Gasteiger partial charge in [0.05, 0.1) is 7.11 Å². The largest absolute Gasteiger partial charge is 0.497 e. The van der Waals surface area contributed by atoms with Gasteiger partial charge in [0, 0.05) is 11.8 Å². The van der Waals surface area contributed by atoms with E-state index in [0.29, 0.717) is 6.42 Å². The first kappa shape index (κ1) is 10.6. The molecule has 2 aliphatic rings. The quantitative estimate of drug-likeness (QED) is 0.738. The molecule has 1 unspecified atom stereocenters. The maximum atomic E-state index is 11.3. The fourth-order valence-corrected chi connectivity index (χ4v) is 3.05. The first-order valence-electron chi connectivity index (χ1n) is 6.13. The summed E-state index contributed by atoms with van der Waals surface area (Å²) >= 11 is 0. The van der Waals surface area contributed by atoms with Crippen LogP contribution in [0.5, 0.6) is 5.75 Å². The van der Waals surface area contributed by atoms with E-state index in [4.69, 9.17) is 4.74 Å². The maximum Gasteiger partial charge on any atom is 0.155 e. The van der Waals surface area contributed by atoms with Gasteiger partial charge in [-0.1, -0.05) is 12.1 Å². The minimum Gasteiger partial charge on any atom is -0.497 e. The fourth-order valence-electron chi connectivity index (χ4n) is 3.05. The first-order chi connectivity index (χ1) is 8.23. The van der Waals surface area contributed by atoms with Gasteiger partial charge < -0.3 is 4.74 Å². The van der Waals surface area contributed by atoms with Gasteiger partial charge in [-0.05, 0) is 48.6 Å². The van der Waals surface area contributed by atoms with Crippen molar-refractivity contribution in [1.82, 2.24) is 0 Å². The van der Waals surface area contributed by atoms with Gasteiger partial charge in [0.2, 0.25) is 0 Å². The van der Waals surface area contributed by atoms with Crippen LogP contribution in [0.1, 0.15) is 30.4 Å². The molecule has 2 heteroatoms. The third kappa shape index (κ3) is 1.59. The van der Waals surface area contributed by atoms with E-state index < -0.39 is 0 Å².